The lowest BCUT2D eigenvalue weighted by Gasteiger charge is -2.07. The molecule has 96 valence electrons. The van der Waals surface area contributed by atoms with E-state index in [4.69, 9.17) is 10.8 Å². The molecule has 0 atom stereocenters. The average Bonchev–Trinajstić information content (AvgIpc) is 2.80. The summed E-state index contributed by atoms with van der Waals surface area (Å²) >= 11 is 0. The molecule has 0 fully saturated rings. The molecule has 1 aromatic heterocycles. The van der Waals surface area contributed by atoms with Gasteiger partial charge >= 0.3 is 0 Å². The molecule has 2 rings (SSSR count). The minimum Gasteiger partial charge on any atom is -0.396 e. The number of aromatic nitrogens is 3. The summed E-state index contributed by atoms with van der Waals surface area (Å²) < 4.78 is 1.84. The van der Waals surface area contributed by atoms with Gasteiger partial charge in [0.05, 0.1) is 11.4 Å². The molecular weight excluding hydrogens is 228 g/mol. The van der Waals surface area contributed by atoms with Gasteiger partial charge < -0.3 is 10.8 Å². The Morgan fingerprint density at radius 2 is 2.00 bits per heavy atom. The summed E-state index contributed by atoms with van der Waals surface area (Å²) in [5.41, 5.74) is 8.76. The number of aliphatic hydroxyl groups is 1. The molecule has 0 radical (unpaired) electrons. The first-order chi connectivity index (χ1) is 8.85. The second kappa shape index (κ2) is 6.28. The Hall–Kier alpha value is -1.72. The lowest BCUT2D eigenvalue weighted by Crippen LogP contribution is -2.09. The smallest absolute Gasteiger partial charge is 0.0998 e. The van der Waals surface area contributed by atoms with Crippen LogP contribution in [0.2, 0.25) is 0 Å². The normalized spacial score (nSPS) is 10.8. The maximum absolute atomic E-state index is 8.89. The molecule has 5 nitrogen and oxygen atoms in total. The van der Waals surface area contributed by atoms with Gasteiger partial charge in [-0.3, -0.25) is 0 Å². The summed E-state index contributed by atoms with van der Waals surface area (Å²) in [6.07, 6.45) is 1.45. The van der Waals surface area contributed by atoms with E-state index in [1.165, 1.54) is 5.56 Å². The molecule has 18 heavy (non-hydrogen) atoms. The Kier molecular flexibility index (Phi) is 4.44. The Morgan fingerprint density at radius 1 is 1.22 bits per heavy atom. The molecule has 1 aromatic carbocycles. The van der Waals surface area contributed by atoms with Crippen molar-refractivity contribution in [3.8, 4) is 0 Å². The SMILES string of the molecule is NCc1nnn(CCCO)c1Cc1ccccc1. The van der Waals surface area contributed by atoms with Crippen molar-refractivity contribution in [3.63, 3.8) is 0 Å². The zero-order chi connectivity index (χ0) is 12.8. The minimum absolute atomic E-state index is 0.155. The van der Waals surface area contributed by atoms with Crippen molar-refractivity contribution in [3.05, 3.63) is 47.3 Å². The maximum atomic E-state index is 8.89. The van der Waals surface area contributed by atoms with E-state index in [0.717, 1.165) is 17.8 Å². The van der Waals surface area contributed by atoms with Crippen LogP contribution in [0.25, 0.3) is 0 Å². The zero-order valence-corrected chi connectivity index (χ0v) is 10.3. The lowest BCUT2D eigenvalue weighted by molar-refractivity contribution is 0.275. The van der Waals surface area contributed by atoms with Crippen molar-refractivity contribution in [2.45, 2.75) is 25.9 Å². The third-order valence-electron chi connectivity index (χ3n) is 2.85. The zero-order valence-electron chi connectivity index (χ0n) is 10.3. The van der Waals surface area contributed by atoms with Crippen molar-refractivity contribution in [2.75, 3.05) is 6.61 Å². The Balaban J connectivity index is 2.21. The number of hydrogen-bond acceptors (Lipinski definition) is 4. The fourth-order valence-corrected chi connectivity index (χ4v) is 1.91. The highest BCUT2D eigenvalue weighted by molar-refractivity contribution is 5.23. The monoisotopic (exact) mass is 246 g/mol. The van der Waals surface area contributed by atoms with Crippen LogP contribution < -0.4 is 5.73 Å². The Morgan fingerprint density at radius 3 is 2.67 bits per heavy atom. The fourth-order valence-electron chi connectivity index (χ4n) is 1.91. The van der Waals surface area contributed by atoms with Gasteiger partial charge in [-0.15, -0.1) is 5.10 Å². The van der Waals surface area contributed by atoms with Gasteiger partial charge in [0.15, 0.2) is 0 Å². The van der Waals surface area contributed by atoms with Crippen LogP contribution in [0.5, 0.6) is 0 Å². The number of benzene rings is 1. The molecule has 5 heteroatoms. The first kappa shape index (κ1) is 12.7. The molecule has 1 heterocycles. The lowest BCUT2D eigenvalue weighted by atomic mass is 10.1. The van der Waals surface area contributed by atoms with Crippen LogP contribution >= 0.6 is 0 Å². The topological polar surface area (TPSA) is 77.0 Å². The molecule has 0 saturated carbocycles. The van der Waals surface area contributed by atoms with Crippen molar-refractivity contribution >= 4 is 0 Å². The Labute approximate surface area is 106 Å². The van der Waals surface area contributed by atoms with Gasteiger partial charge in [-0.05, 0) is 12.0 Å². The number of rotatable bonds is 6. The van der Waals surface area contributed by atoms with Crippen LogP contribution in [-0.2, 0) is 19.5 Å². The molecule has 0 amide bonds. The fraction of sp³-hybridized carbons (Fsp3) is 0.385. The highest BCUT2D eigenvalue weighted by Gasteiger charge is 2.11. The van der Waals surface area contributed by atoms with Crippen molar-refractivity contribution in [1.29, 1.82) is 0 Å². The average molecular weight is 246 g/mol. The van der Waals surface area contributed by atoms with E-state index >= 15 is 0 Å². The predicted molar refractivity (Wildman–Crippen MR) is 68.9 cm³/mol. The van der Waals surface area contributed by atoms with Gasteiger partial charge in [-0.25, -0.2) is 4.68 Å². The molecular formula is C13H18N4O. The molecule has 3 N–H and O–H groups in total. The molecule has 0 bridgehead atoms. The van der Waals surface area contributed by atoms with Gasteiger partial charge in [-0.1, -0.05) is 35.5 Å². The van der Waals surface area contributed by atoms with E-state index in [0.29, 0.717) is 19.5 Å². The number of aliphatic hydroxyl groups excluding tert-OH is 1. The molecule has 2 aromatic rings. The summed E-state index contributed by atoms with van der Waals surface area (Å²) in [5, 5.41) is 17.1. The van der Waals surface area contributed by atoms with E-state index in [1.54, 1.807) is 0 Å². The third-order valence-corrected chi connectivity index (χ3v) is 2.85. The van der Waals surface area contributed by atoms with Crippen molar-refractivity contribution in [1.82, 2.24) is 15.0 Å². The highest BCUT2D eigenvalue weighted by Crippen LogP contribution is 2.12. The van der Waals surface area contributed by atoms with Gasteiger partial charge in [0.1, 0.15) is 0 Å². The van der Waals surface area contributed by atoms with Crippen molar-refractivity contribution in [2.24, 2.45) is 5.73 Å². The largest absolute Gasteiger partial charge is 0.396 e. The van der Waals surface area contributed by atoms with E-state index in [2.05, 4.69) is 22.4 Å². The second-order valence-electron chi connectivity index (χ2n) is 4.15. The van der Waals surface area contributed by atoms with Crippen LogP contribution in [0, 0.1) is 0 Å². The van der Waals surface area contributed by atoms with Crippen LogP contribution in [0.3, 0.4) is 0 Å². The van der Waals surface area contributed by atoms with Crippen LogP contribution in [0.1, 0.15) is 23.4 Å². The first-order valence-electron chi connectivity index (χ1n) is 6.11. The molecule has 0 spiro atoms. The van der Waals surface area contributed by atoms with Gasteiger partial charge in [0.2, 0.25) is 0 Å². The van der Waals surface area contributed by atoms with Gasteiger partial charge in [-0.2, -0.15) is 0 Å². The van der Waals surface area contributed by atoms with E-state index in [9.17, 15) is 0 Å². The van der Waals surface area contributed by atoms with E-state index in [-0.39, 0.29) is 6.61 Å². The highest BCUT2D eigenvalue weighted by atomic mass is 16.3. The predicted octanol–water partition coefficient (Wildman–Crippen LogP) is 0.710. The molecule has 0 aliphatic carbocycles. The van der Waals surface area contributed by atoms with Crippen molar-refractivity contribution < 1.29 is 5.11 Å². The number of aryl methyl sites for hydroxylation is 1. The summed E-state index contributed by atoms with van der Waals surface area (Å²) in [5.74, 6) is 0. The Bertz CT molecular complexity index is 481. The van der Waals surface area contributed by atoms with Crippen LogP contribution in [-0.4, -0.2) is 26.7 Å². The molecule has 0 aliphatic rings. The van der Waals surface area contributed by atoms with Crippen LogP contribution in [0.4, 0.5) is 0 Å². The number of nitrogens with zero attached hydrogens (tertiary/aromatic N) is 3. The van der Waals surface area contributed by atoms with Crippen LogP contribution in [0.15, 0.2) is 30.3 Å². The first-order valence-corrected chi connectivity index (χ1v) is 6.11. The quantitative estimate of drug-likeness (QED) is 0.787. The molecule has 0 saturated heterocycles. The second-order valence-corrected chi connectivity index (χ2v) is 4.15. The molecule has 0 aliphatic heterocycles. The van der Waals surface area contributed by atoms with E-state index in [1.807, 2.05) is 22.9 Å². The number of nitrogens with two attached hydrogens (primary N) is 1. The summed E-state index contributed by atoms with van der Waals surface area (Å²) in [4.78, 5) is 0. The third kappa shape index (κ3) is 2.94. The standard InChI is InChI=1S/C13H18N4O/c14-10-12-13(9-11-5-2-1-3-6-11)17(16-15-12)7-4-8-18/h1-3,5-6,18H,4,7-10,14H2. The summed E-state index contributed by atoms with van der Waals surface area (Å²) in [6.45, 7) is 1.22. The van der Waals surface area contributed by atoms with Gasteiger partial charge in [0, 0.05) is 26.1 Å². The summed E-state index contributed by atoms with van der Waals surface area (Å²) in [6, 6.07) is 10.2. The minimum atomic E-state index is 0.155. The summed E-state index contributed by atoms with van der Waals surface area (Å²) in [7, 11) is 0. The van der Waals surface area contributed by atoms with E-state index < -0.39 is 0 Å². The van der Waals surface area contributed by atoms with Gasteiger partial charge in [0.25, 0.3) is 0 Å². The number of hydrogen-bond donors (Lipinski definition) is 2. The molecule has 0 unspecified atom stereocenters. The maximum Gasteiger partial charge on any atom is 0.0998 e.